The average Bonchev–Trinajstić information content (AvgIpc) is 2.65. The van der Waals surface area contributed by atoms with Crippen LogP contribution in [-0.4, -0.2) is 53.5 Å². The van der Waals surface area contributed by atoms with Crippen LogP contribution in [0.15, 0.2) is 21.9 Å². The van der Waals surface area contributed by atoms with E-state index in [1.165, 1.54) is 0 Å². The van der Waals surface area contributed by atoms with E-state index in [1.807, 2.05) is 4.98 Å². The van der Waals surface area contributed by atoms with Crippen LogP contribution in [0.2, 0.25) is 0 Å². The van der Waals surface area contributed by atoms with Gasteiger partial charge in [0.25, 0.3) is 5.56 Å². The lowest BCUT2D eigenvalue weighted by atomic mass is 10.1. The maximum atomic E-state index is 13.4. The van der Waals surface area contributed by atoms with Crippen LogP contribution in [0, 0.1) is 0 Å². The van der Waals surface area contributed by atoms with E-state index in [2.05, 4.69) is 0 Å². The van der Waals surface area contributed by atoms with Gasteiger partial charge in [0.1, 0.15) is 12.2 Å². The SMILES string of the molecule is O=c1ccn([C@@H]2O[C@H](CC(F)(F)P(=O)(O)O)[C@@H](O)[C@H]2O)c(=O)[nH]1. The molecular formula is C10H13F2N2O8P. The van der Waals surface area contributed by atoms with E-state index in [4.69, 9.17) is 14.5 Å². The average molecular weight is 358 g/mol. The van der Waals surface area contributed by atoms with E-state index < -0.39 is 55.5 Å². The fraction of sp³-hybridized carbons (Fsp3) is 0.600. The summed E-state index contributed by atoms with van der Waals surface area (Å²) in [4.78, 5) is 41.6. The van der Waals surface area contributed by atoms with Crippen LogP contribution in [0.4, 0.5) is 8.78 Å². The van der Waals surface area contributed by atoms with Gasteiger partial charge in [0.2, 0.25) is 0 Å². The second kappa shape index (κ2) is 5.89. The van der Waals surface area contributed by atoms with Gasteiger partial charge in [-0.3, -0.25) is 18.9 Å². The Hall–Kier alpha value is -1.43. The van der Waals surface area contributed by atoms with Crippen molar-refractivity contribution >= 4 is 7.60 Å². The van der Waals surface area contributed by atoms with Crippen LogP contribution in [0.1, 0.15) is 12.6 Å². The molecule has 0 spiro atoms. The predicted octanol–water partition coefficient (Wildman–Crippen LogP) is -1.68. The van der Waals surface area contributed by atoms with E-state index >= 15 is 0 Å². The fourth-order valence-corrected chi connectivity index (χ4v) is 2.53. The van der Waals surface area contributed by atoms with Gasteiger partial charge in [-0.05, 0) is 0 Å². The van der Waals surface area contributed by atoms with Crippen molar-refractivity contribution in [3.8, 4) is 0 Å². The number of aromatic amines is 1. The zero-order chi connectivity index (χ0) is 17.6. The molecule has 2 rings (SSSR count). The second-order valence-electron chi connectivity index (χ2n) is 4.98. The number of halogens is 2. The number of hydrogen-bond donors (Lipinski definition) is 5. The van der Waals surface area contributed by atoms with E-state index in [0.717, 1.165) is 12.3 Å². The quantitative estimate of drug-likeness (QED) is 0.399. The lowest BCUT2D eigenvalue weighted by Crippen LogP contribution is -2.37. The standard InChI is InChI=1S/C10H13F2N2O8P/c11-10(12,23(19,20)21)3-4-6(16)7(17)8(22-4)14-2-1-5(15)13-9(14)18/h1-2,4,6-8,16-17H,3H2,(H,13,15,18)(H2,19,20,21)/t4-,6-,7-,8-/m1/s1. The number of aliphatic hydroxyl groups is 2. The summed E-state index contributed by atoms with van der Waals surface area (Å²) in [5.74, 6) is 0. The molecule has 0 radical (unpaired) electrons. The molecule has 23 heavy (non-hydrogen) atoms. The minimum Gasteiger partial charge on any atom is -0.388 e. The van der Waals surface area contributed by atoms with Crippen molar-refractivity contribution in [1.29, 1.82) is 0 Å². The summed E-state index contributed by atoms with van der Waals surface area (Å²) in [5.41, 5.74) is -6.25. The summed E-state index contributed by atoms with van der Waals surface area (Å²) in [5, 5.41) is 19.5. The van der Waals surface area contributed by atoms with Gasteiger partial charge in [-0.2, -0.15) is 8.78 Å². The number of alkyl halides is 2. The lowest BCUT2D eigenvalue weighted by molar-refractivity contribution is -0.0710. The molecule has 0 bridgehead atoms. The maximum absolute atomic E-state index is 13.4. The Bertz CT molecular complexity index is 743. The number of nitrogens with one attached hydrogen (secondary N) is 1. The Labute approximate surface area is 126 Å². The summed E-state index contributed by atoms with van der Waals surface area (Å²) in [6.45, 7) is 0. The Kier molecular flexibility index (Phi) is 4.59. The predicted molar refractivity (Wildman–Crippen MR) is 68.9 cm³/mol. The van der Waals surface area contributed by atoms with Crippen molar-refractivity contribution in [2.75, 3.05) is 0 Å². The first-order valence-corrected chi connectivity index (χ1v) is 7.82. The highest BCUT2D eigenvalue weighted by Crippen LogP contribution is 2.56. The molecule has 1 aromatic heterocycles. The highest BCUT2D eigenvalue weighted by molar-refractivity contribution is 7.53. The molecule has 2 heterocycles. The van der Waals surface area contributed by atoms with Gasteiger partial charge in [0, 0.05) is 12.3 Å². The van der Waals surface area contributed by atoms with Crippen LogP contribution in [0.5, 0.6) is 0 Å². The molecule has 1 aromatic rings. The highest BCUT2D eigenvalue weighted by Gasteiger charge is 2.55. The maximum Gasteiger partial charge on any atom is 0.394 e. The molecule has 1 aliphatic rings. The number of ether oxygens (including phenoxy) is 1. The van der Waals surface area contributed by atoms with Gasteiger partial charge >= 0.3 is 18.9 Å². The van der Waals surface area contributed by atoms with Crippen LogP contribution in [0.25, 0.3) is 0 Å². The molecule has 1 fully saturated rings. The number of aromatic nitrogens is 2. The molecule has 13 heteroatoms. The Balaban J connectivity index is 2.27. The molecule has 130 valence electrons. The van der Waals surface area contributed by atoms with E-state index in [9.17, 15) is 33.1 Å². The van der Waals surface area contributed by atoms with Gasteiger partial charge in [-0.1, -0.05) is 0 Å². The van der Waals surface area contributed by atoms with Crippen molar-refractivity contribution in [3.05, 3.63) is 33.1 Å². The van der Waals surface area contributed by atoms with Crippen LogP contribution in [-0.2, 0) is 9.30 Å². The summed E-state index contributed by atoms with van der Waals surface area (Å²) in [6.07, 6.45) is -7.83. The number of hydrogen-bond acceptors (Lipinski definition) is 6. The number of H-pyrrole nitrogens is 1. The summed E-state index contributed by atoms with van der Waals surface area (Å²) in [6, 6.07) is 0.904. The molecule has 1 aliphatic heterocycles. The first-order valence-electron chi connectivity index (χ1n) is 6.20. The van der Waals surface area contributed by atoms with Gasteiger partial charge in [0.05, 0.1) is 12.5 Å². The Morgan fingerprint density at radius 3 is 2.43 bits per heavy atom. The molecular weight excluding hydrogens is 345 g/mol. The molecule has 10 nitrogen and oxygen atoms in total. The summed E-state index contributed by atoms with van der Waals surface area (Å²) in [7, 11) is -5.80. The van der Waals surface area contributed by atoms with Crippen LogP contribution in [0.3, 0.4) is 0 Å². The normalized spacial score (nSPS) is 29.0. The van der Waals surface area contributed by atoms with Crippen molar-refractivity contribution < 1.29 is 38.1 Å². The molecule has 0 aromatic carbocycles. The molecule has 5 N–H and O–H groups in total. The van der Waals surface area contributed by atoms with Crippen molar-refractivity contribution in [2.24, 2.45) is 0 Å². The van der Waals surface area contributed by atoms with Crippen LogP contribution < -0.4 is 11.2 Å². The molecule has 4 atom stereocenters. The zero-order valence-corrected chi connectivity index (χ0v) is 12.1. The second-order valence-corrected chi connectivity index (χ2v) is 6.72. The minimum absolute atomic E-state index is 0.658. The zero-order valence-electron chi connectivity index (χ0n) is 11.2. The number of rotatable bonds is 4. The molecule has 0 amide bonds. The minimum atomic E-state index is -5.80. The van der Waals surface area contributed by atoms with Crippen LogP contribution >= 0.6 is 7.60 Å². The topological polar surface area (TPSA) is 162 Å². The number of aliphatic hydroxyl groups excluding tert-OH is 2. The number of nitrogens with zero attached hydrogens (tertiary/aromatic N) is 1. The summed E-state index contributed by atoms with van der Waals surface area (Å²) < 4.78 is 43.1. The molecule has 0 unspecified atom stereocenters. The Morgan fingerprint density at radius 2 is 1.91 bits per heavy atom. The van der Waals surface area contributed by atoms with Gasteiger partial charge in [-0.25, -0.2) is 4.79 Å². The van der Waals surface area contributed by atoms with Crippen molar-refractivity contribution in [3.63, 3.8) is 0 Å². The fourth-order valence-electron chi connectivity index (χ4n) is 2.12. The van der Waals surface area contributed by atoms with E-state index in [-0.39, 0.29) is 0 Å². The lowest BCUT2D eigenvalue weighted by Gasteiger charge is -2.22. The van der Waals surface area contributed by atoms with E-state index in [1.54, 1.807) is 0 Å². The molecule has 0 aliphatic carbocycles. The highest BCUT2D eigenvalue weighted by atomic mass is 31.2. The monoisotopic (exact) mass is 358 g/mol. The van der Waals surface area contributed by atoms with Gasteiger partial charge in [0.15, 0.2) is 6.23 Å². The van der Waals surface area contributed by atoms with Gasteiger partial charge in [-0.15, -0.1) is 0 Å². The largest absolute Gasteiger partial charge is 0.394 e. The molecule has 0 saturated carbocycles. The first kappa shape index (κ1) is 17.9. The third kappa shape index (κ3) is 3.42. The van der Waals surface area contributed by atoms with Gasteiger partial charge < -0.3 is 24.7 Å². The molecule has 1 saturated heterocycles. The third-order valence-corrected chi connectivity index (χ3v) is 4.37. The Morgan fingerprint density at radius 1 is 1.30 bits per heavy atom. The summed E-state index contributed by atoms with van der Waals surface area (Å²) >= 11 is 0. The third-order valence-electron chi connectivity index (χ3n) is 3.34. The van der Waals surface area contributed by atoms with Crippen molar-refractivity contribution in [1.82, 2.24) is 9.55 Å². The first-order chi connectivity index (χ1) is 10.4. The van der Waals surface area contributed by atoms with E-state index in [0.29, 0.717) is 4.57 Å². The van der Waals surface area contributed by atoms with Crippen molar-refractivity contribution in [2.45, 2.75) is 36.6 Å². The smallest absolute Gasteiger partial charge is 0.388 e.